The molecule has 0 unspecified atom stereocenters. The van der Waals surface area contributed by atoms with Gasteiger partial charge in [-0.05, 0) is 52.2 Å². The number of halogens is 1. The first kappa shape index (κ1) is 21.6. The van der Waals surface area contributed by atoms with E-state index in [1.165, 1.54) is 25.5 Å². The molecule has 0 bridgehead atoms. The molecular formula is C17H25ClN2O4S. The second-order valence-corrected chi connectivity index (χ2v) is 8.55. The number of carbonyl (C=O) groups is 2. The number of thioether (sulfide) groups is 1. The van der Waals surface area contributed by atoms with Gasteiger partial charge in [-0.25, -0.2) is 9.78 Å². The number of aliphatic carboxylic acids is 1. The van der Waals surface area contributed by atoms with Gasteiger partial charge in [0.2, 0.25) is 0 Å². The quantitative estimate of drug-likeness (QED) is 0.831. The van der Waals surface area contributed by atoms with Crippen molar-refractivity contribution < 1.29 is 19.4 Å². The molecular weight excluding hydrogens is 364 g/mol. The molecule has 1 heterocycles. The van der Waals surface area contributed by atoms with Gasteiger partial charge in [0.15, 0.2) is 0 Å². The minimum absolute atomic E-state index is 0.352. The Hall–Kier alpha value is -1.47. The zero-order chi connectivity index (χ0) is 19.2. The highest BCUT2D eigenvalue weighted by Gasteiger charge is 2.23. The minimum Gasteiger partial charge on any atom is -0.480 e. The van der Waals surface area contributed by atoms with E-state index in [1.807, 2.05) is 17.8 Å². The summed E-state index contributed by atoms with van der Waals surface area (Å²) in [7, 11) is 1.38. The lowest BCUT2D eigenvalue weighted by Gasteiger charge is -2.23. The molecule has 1 N–H and O–H groups in total. The average Bonchev–Trinajstić information content (AvgIpc) is 3.24. The third-order valence-corrected chi connectivity index (χ3v) is 4.54. The molecule has 8 heteroatoms. The van der Waals surface area contributed by atoms with Gasteiger partial charge in [0.25, 0.3) is 0 Å². The summed E-state index contributed by atoms with van der Waals surface area (Å²) in [5, 5.41) is 11.1. The van der Waals surface area contributed by atoms with Gasteiger partial charge in [0.05, 0.1) is 10.0 Å². The molecule has 0 spiro atoms. The van der Waals surface area contributed by atoms with Crippen molar-refractivity contribution in [3.05, 3.63) is 22.8 Å². The van der Waals surface area contributed by atoms with Crippen molar-refractivity contribution in [2.75, 3.05) is 13.6 Å². The van der Waals surface area contributed by atoms with Crippen LogP contribution in [0.1, 0.15) is 39.2 Å². The summed E-state index contributed by atoms with van der Waals surface area (Å²) in [6.45, 7) is 6.87. The topological polar surface area (TPSA) is 79.7 Å². The molecule has 0 radical (unpaired) electrons. The van der Waals surface area contributed by atoms with Gasteiger partial charge in [0, 0.05) is 18.5 Å². The first-order valence-corrected chi connectivity index (χ1v) is 9.18. The van der Waals surface area contributed by atoms with E-state index < -0.39 is 17.7 Å². The second kappa shape index (κ2) is 9.29. The molecule has 0 saturated heterocycles. The number of amides is 1. The summed E-state index contributed by atoms with van der Waals surface area (Å²) in [5.74, 6) is -1.06. The van der Waals surface area contributed by atoms with Crippen LogP contribution in [-0.4, -0.2) is 51.5 Å². The number of nitrogens with zero attached hydrogens (tertiary/aromatic N) is 2. The van der Waals surface area contributed by atoms with Gasteiger partial charge in [-0.2, -0.15) is 0 Å². The lowest BCUT2D eigenvalue weighted by molar-refractivity contribution is -0.137. The van der Waals surface area contributed by atoms with Gasteiger partial charge >= 0.3 is 12.1 Å². The molecule has 25 heavy (non-hydrogen) atoms. The lowest BCUT2D eigenvalue weighted by atomic mass is 10.2. The molecule has 1 aliphatic carbocycles. The summed E-state index contributed by atoms with van der Waals surface area (Å²) in [6, 6.07) is 1.97. The first-order chi connectivity index (χ1) is 11.5. The van der Waals surface area contributed by atoms with Crippen LogP contribution in [-0.2, 0) is 9.53 Å². The summed E-state index contributed by atoms with van der Waals surface area (Å²) in [6.07, 6.45) is 3.78. The van der Waals surface area contributed by atoms with E-state index in [9.17, 15) is 9.59 Å². The molecule has 1 aromatic heterocycles. The number of rotatable bonds is 4. The maximum atomic E-state index is 11.1. The molecule has 0 aromatic carbocycles. The number of hydrogen-bond acceptors (Lipinski definition) is 5. The Morgan fingerprint density at radius 2 is 2.04 bits per heavy atom. The van der Waals surface area contributed by atoms with Crippen molar-refractivity contribution in [1.29, 1.82) is 0 Å². The molecule has 6 nitrogen and oxygen atoms in total. The molecule has 140 valence electrons. The summed E-state index contributed by atoms with van der Waals surface area (Å²) >= 11 is 7.67. The van der Waals surface area contributed by atoms with E-state index in [0.717, 1.165) is 20.2 Å². The first-order valence-electron chi connectivity index (χ1n) is 7.92. The van der Waals surface area contributed by atoms with Gasteiger partial charge in [-0.1, -0.05) is 11.6 Å². The summed E-state index contributed by atoms with van der Waals surface area (Å²) in [4.78, 5) is 26.7. The number of pyridine rings is 1. The Labute approximate surface area is 157 Å². The van der Waals surface area contributed by atoms with Gasteiger partial charge in [-0.15, -0.1) is 11.8 Å². The number of likely N-dealkylation sites (N-methyl/N-ethyl adjacent to an activating group) is 1. The van der Waals surface area contributed by atoms with E-state index in [4.69, 9.17) is 21.4 Å². The molecule has 1 saturated carbocycles. The largest absolute Gasteiger partial charge is 0.480 e. The van der Waals surface area contributed by atoms with Crippen molar-refractivity contribution in [1.82, 2.24) is 9.88 Å². The number of hydrogen-bond donors (Lipinski definition) is 1. The predicted octanol–water partition coefficient (Wildman–Crippen LogP) is 4.24. The van der Waals surface area contributed by atoms with Crippen LogP contribution in [0.5, 0.6) is 0 Å². The second-order valence-electron chi connectivity index (χ2n) is 6.82. The molecule has 1 amide bonds. The highest BCUT2D eigenvalue weighted by Crippen LogP contribution is 2.39. The average molecular weight is 389 g/mol. The fourth-order valence-corrected chi connectivity index (χ4v) is 2.86. The zero-order valence-electron chi connectivity index (χ0n) is 15.2. The zero-order valence-corrected chi connectivity index (χ0v) is 16.8. The van der Waals surface area contributed by atoms with E-state index in [0.29, 0.717) is 0 Å². The Bertz CT molecular complexity index is 615. The van der Waals surface area contributed by atoms with Crippen molar-refractivity contribution in [2.24, 2.45) is 0 Å². The Morgan fingerprint density at radius 1 is 1.44 bits per heavy atom. The van der Waals surface area contributed by atoms with Gasteiger partial charge in [-0.3, -0.25) is 4.79 Å². The standard InChI is InChI=1S/C9H10ClNS.C8H15NO4/c1-6-4-7(10)5-11-9(6)12-8-2-3-8;1-8(2,3)13-7(12)9(4)5-6(10)11/h4-5,8H,2-3H2,1H3;5H2,1-4H3,(H,10,11). The normalized spacial score (nSPS) is 13.5. The van der Waals surface area contributed by atoms with Crippen LogP contribution >= 0.6 is 23.4 Å². The SMILES string of the molecule is CN(CC(=O)O)C(=O)OC(C)(C)C.Cc1cc(Cl)cnc1SC1CC1. The van der Waals surface area contributed by atoms with Crippen LogP contribution in [0.3, 0.4) is 0 Å². The fourth-order valence-electron chi connectivity index (χ4n) is 1.60. The number of carboxylic acid groups (broad SMARTS) is 1. The fraction of sp³-hybridized carbons (Fsp3) is 0.588. The Balaban J connectivity index is 0.000000250. The summed E-state index contributed by atoms with van der Waals surface area (Å²) < 4.78 is 4.92. The van der Waals surface area contributed by atoms with Gasteiger partial charge in [0.1, 0.15) is 12.1 Å². The molecule has 0 atom stereocenters. The van der Waals surface area contributed by atoms with Crippen molar-refractivity contribution in [3.8, 4) is 0 Å². The number of ether oxygens (including phenoxy) is 1. The van der Waals surface area contributed by atoms with E-state index in [-0.39, 0.29) is 6.54 Å². The lowest BCUT2D eigenvalue weighted by Crippen LogP contribution is -2.37. The Morgan fingerprint density at radius 3 is 2.48 bits per heavy atom. The van der Waals surface area contributed by atoms with E-state index in [1.54, 1.807) is 27.0 Å². The van der Waals surface area contributed by atoms with Crippen molar-refractivity contribution in [2.45, 2.75) is 56.4 Å². The summed E-state index contributed by atoms with van der Waals surface area (Å²) in [5.41, 5.74) is 0.600. The maximum absolute atomic E-state index is 11.1. The third-order valence-electron chi connectivity index (χ3n) is 2.88. The van der Waals surface area contributed by atoms with Crippen LogP contribution in [0.2, 0.25) is 5.02 Å². The highest BCUT2D eigenvalue weighted by molar-refractivity contribution is 8.00. The van der Waals surface area contributed by atoms with Crippen LogP contribution in [0.25, 0.3) is 0 Å². The van der Waals surface area contributed by atoms with E-state index >= 15 is 0 Å². The van der Waals surface area contributed by atoms with Gasteiger partial charge < -0.3 is 14.7 Å². The van der Waals surface area contributed by atoms with Crippen LogP contribution in [0, 0.1) is 6.92 Å². The Kier molecular flexibility index (Phi) is 8.02. The minimum atomic E-state index is -1.06. The number of carboxylic acids is 1. The molecule has 1 aliphatic rings. The number of aryl methyl sites for hydroxylation is 1. The molecule has 1 fully saturated rings. The van der Waals surface area contributed by atoms with Crippen molar-refractivity contribution >= 4 is 35.4 Å². The predicted molar refractivity (Wildman–Crippen MR) is 99.4 cm³/mol. The molecule has 2 rings (SSSR count). The van der Waals surface area contributed by atoms with E-state index in [2.05, 4.69) is 11.9 Å². The third kappa shape index (κ3) is 9.55. The van der Waals surface area contributed by atoms with Crippen LogP contribution in [0.15, 0.2) is 17.3 Å². The monoisotopic (exact) mass is 388 g/mol. The number of aromatic nitrogens is 1. The smallest absolute Gasteiger partial charge is 0.410 e. The highest BCUT2D eigenvalue weighted by atomic mass is 35.5. The molecule has 1 aromatic rings. The maximum Gasteiger partial charge on any atom is 0.410 e. The van der Waals surface area contributed by atoms with Crippen LogP contribution < -0.4 is 0 Å². The molecule has 0 aliphatic heterocycles. The number of carbonyl (C=O) groups excluding carboxylic acids is 1. The van der Waals surface area contributed by atoms with Crippen LogP contribution in [0.4, 0.5) is 4.79 Å². The van der Waals surface area contributed by atoms with Crippen molar-refractivity contribution in [3.63, 3.8) is 0 Å².